The molecule has 36 heavy (non-hydrogen) atoms. The van der Waals surface area contributed by atoms with Crippen LogP contribution in [0.15, 0.2) is 53.4 Å². The van der Waals surface area contributed by atoms with Gasteiger partial charge in [-0.1, -0.05) is 6.07 Å². The van der Waals surface area contributed by atoms with E-state index in [0.717, 1.165) is 0 Å². The highest BCUT2D eigenvalue weighted by atomic mass is 32.2. The van der Waals surface area contributed by atoms with E-state index < -0.39 is 16.0 Å². The second-order valence-electron chi connectivity index (χ2n) is 6.93. The molecule has 0 fully saturated rings. The Morgan fingerprint density at radius 1 is 0.972 bits per heavy atom. The largest absolute Gasteiger partial charge is 0.497 e. The van der Waals surface area contributed by atoms with E-state index in [0.29, 0.717) is 17.8 Å². The predicted molar refractivity (Wildman–Crippen MR) is 126 cm³/mol. The number of methoxy groups -OCH3 is 2. The molecule has 3 rings (SSSR count). The van der Waals surface area contributed by atoms with Gasteiger partial charge in [-0.05, 0) is 36.4 Å². The second-order valence-corrected chi connectivity index (χ2v) is 8.62. The summed E-state index contributed by atoms with van der Waals surface area (Å²) in [7, 11) is -1.26. The molecular formula is C23H23N3O9S. The number of anilines is 1. The van der Waals surface area contributed by atoms with Gasteiger partial charge in [-0.3, -0.25) is 14.3 Å². The summed E-state index contributed by atoms with van der Waals surface area (Å²) < 4.78 is 55.0. The summed E-state index contributed by atoms with van der Waals surface area (Å²) in [6, 6.07) is 12.1. The number of benzene rings is 2. The topological polar surface area (TPSA) is 152 Å². The van der Waals surface area contributed by atoms with Crippen LogP contribution in [-0.2, 0) is 19.6 Å². The van der Waals surface area contributed by atoms with Crippen molar-refractivity contribution in [3.05, 3.63) is 54.4 Å². The molecule has 190 valence electrons. The Balaban J connectivity index is 2.04. The molecule has 3 aromatic rings. The SMILES string of the molecule is COc1ccc(S(=O)(=O)Nc2nc(C=O)nc(OCCOC(C)=O)c2Oc2cccc(OC)c2)cc1. The van der Waals surface area contributed by atoms with Crippen molar-refractivity contribution in [3.8, 4) is 28.9 Å². The lowest BCUT2D eigenvalue weighted by Crippen LogP contribution is -2.17. The average molecular weight is 518 g/mol. The average Bonchev–Trinajstić information content (AvgIpc) is 2.87. The van der Waals surface area contributed by atoms with E-state index in [2.05, 4.69) is 14.7 Å². The Hall–Kier alpha value is -4.39. The monoisotopic (exact) mass is 517 g/mol. The van der Waals surface area contributed by atoms with Gasteiger partial charge in [-0.15, -0.1) is 0 Å². The Morgan fingerprint density at radius 3 is 2.31 bits per heavy atom. The number of rotatable bonds is 12. The molecule has 0 radical (unpaired) electrons. The van der Waals surface area contributed by atoms with E-state index >= 15 is 0 Å². The molecule has 0 unspecified atom stereocenters. The van der Waals surface area contributed by atoms with Crippen LogP contribution in [0.3, 0.4) is 0 Å². The second kappa shape index (κ2) is 11.8. The third kappa shape index (κ3) is 6.82. The van der Waals surface area contributed by atoms with Crippen LogP contribution in [0.5, 0.6) is 28.9 Å². The molecule has 1 N–H and O–H groups in total. The van der Waals surface area contributed by atoms with Gasteiger partial charge in [0.15, 0.2) is 17.9 Å². The fourth-order valence-corrected chi connectivity index (χ4v) is 3.81. The van der Waals surface area contributed by atoms with Crippen molar-refractivity contribution in [1.82, 2.24) is 9.97 Å². The summed E-state index contributed by atoms with van der Waals surface area (Å²) in [4.78, 5) is 30.4. The highest BCUT2D eigenvalue weighted by Gasteiger charge is 2.24. The predicted octanol–water partition coefficient (Wildman–Crippen LogP) is 2.84. The van der Waals surface area contributed by atoms with E-state index in [1.54, 1.807) is 18.2 Å². The molecule has 0 atom stereocenters. The van der Waals surface area contributed by atoms with Gasteiger partial charge < -0.3 is 23.7 Å². The zero-order valence-corrected chi connectivity index (χ0v) is 20.4. The molecule has 0 saturated heterocycles. The number of carbonyl (C=O) groups is 2. The van der Waals surface area contributed by atoms with Crippen molar-refractivity contribution in [2.75, 3.05) is 32.2 Å². The lowest BCUT2D eigenvalue weighted by molar-refractivity contribution is -0.141. The van der Waals surface area contributed by atoms with Gasteiger partial charge in [0.05, 0.1) is 19.1 Å². The fraction of sp³-hybridized carbons (Fsp3) is 0.217. The van der Waals surface area contributed by atoms with Crippen LogP contribution in [0.1, 0.15) is 17.5 Å². The lowest BCUT2D eigenvalue weighted by atomic mass is 10.3. The van der Waals surface area contributed by atoms with Crippen LogP contribution < -0.4 is 23.7 Å². The number of ether oxygens (including phenoxy) is 5. The van der Waals surface area contributed by atoms with Crippen molar-refractivity contribution in [1.29, 1.82) is 0 Å². The van der Waals surface area contributed by atoms with Crippen molar-refractivity contribution >= 4 is 28.1 Å². The van der Waals surface area contributed by atoms with E-state index in [4.69, 9.17) is 23.7 Å². The molecule has 0 aliphatic rings. The maximum Gasteiger partial charge on any atom is 0.302 e. The molecule has 1 heterocycles. The van der Waals surface area contributed by atoms with E-state index in [-0.39, 0.29) is 47.1 Å². The van der Waals surface area contributed by atoms with E-state index in [1.807, 2.05) is 0 Å². The molecule has 13 heteroatoms. The van der Waals surface area contributed by atoms with Crippen molar-refractivity contribution in [2.45, 2.75) is 11.8 Å². The van der Waals surface area contributed by atoms with Crippen LogP contribution in [0.2, 0.25) is 0 Å². The lowest BCUT2D eigenvalue weighted by Gasteiger charge is -2.17. The molecule has 0 aliphatic carbocycles. The van der Waals surface area contributed by atoms with Crippen molar-refractivity contribution < 1.29 is 41.7 Å². The zero-order valence-electron chi connectivity index (χ0n) is 19.6. The van der Waals surface area contributed by atoms with Gasteiger partial charge in [0.2, 0.25) is 5.75 Å². The van der Waals surface area contributed by atoms with Gasteiger partial charge in [0.25, 0.3) is 15.9 Å². The van der Waals surface area contributed by atoms with Gasteiger partial charge in [-0.2, -0.15) is 4.98 Å². The van der Waals surface area contributed by atoms with E-state index in [9.17, 15) is 18.0 Å². The van der Waals surface area contributed by atoms with Crippen molar-refractivity contribution in [2.24, 2.45) is 0 Å². The Bertz CT molecular complexity index is 1330. The maximum absolute atomic E-state index is 13.1. The Morgan fingerprint density at radius 2 is 1.67 bits per heavy atom. The molecular weight excluding hydrogens is 494 g/mol. The Kier molecular flexibility index (Phi) is 8.62. The summed E-state index contributed by atoms with van der Waals surface area (Å²) in [6.45, 7) is 0.952. The molecule has 1 aromatic heterocycles. The highest BCUT2D eigenvalue weighted by Crippen LogP contribution is 2.38. The minimum Gasteiger partial charge on any atom is -0.497 e. The van der Waals surface area contributed by atoms with Crippen LogP contribution >= 0.6 is 0 Å². The third-order valence-electron chi connectivity index (χ3n) is 4.45. The number of aromatic nitrogens is 2. The number of nitrogens with one attached hydrogen (secondary N) is 1. The first-order valence-corrected chi connectivity index (χ1v) is 11.9. The fourth-order valence-electron chi connectivity index (χ4n) is 2.81. The first-order chi connectivity index (χ1) is 17.2. The first-order valence-electron chi connectivity index (χ1n) is 10.4. The van der Waals surface area contributed by atoms with Crippen LogP contribution in [0.25, 0.3) is 0 Å². The number of aldehydes is 1. The molecule has 0 aliphatic heterocycles. The first kappa shape index (κ1) is 26.2. The minimum atomic E-state index is -4.19. The van der Waals surface area contributed by atoms with Gasteiger partial charge in [0.1, 0.15) is 30.5 Å². The number of hydrogen-bond donors (Lipinski definition) is 1. The molecule has 0 amide bonds. The van der Waals surface area contributed by atoms with Gasteiger partial charge in [-0.25, -0.2) is 13.4 Å². The summed E-state index contributed by atoms with van der Waals surface area (Å²) >= 11 is 0. The van der Waals surface area contributed by atoms with Crippen LogP contribution in [0.4, 0.5) is 5.82 Å². The maximum atomic E-state index is 13.1. The molecule has 0 saturated carbocycles. The molecule has 0 bridgehead atoms. The number of sulfonamides is 1. The smallest absolute Gasteiger partial charge is 0.302 e. The summed E-state index contributed by atoms with van der Waals surface area (Å²) in [5, 5.41) is 0. The highest BCUT2D eigenvalue weighted by molar-refractivity contribution is 7.92. The summed E-state index contributed by atoms with van der Waals surface area (Å²) in [5.41, 5.74) is 0. The number of esters is 1. The minimum absolute atomic E-state index is 0.0979. The van der Waals surface area contributed by atoms with Crippen LogP contribution in [0, 0.1) is 0 Å². The Labute approximate surface area is 207 Å². The molecule has 0 spiro atoms. The molecule has 12 nitrogen and oxygen atoms in total. The van der Waals surface area contributed by atoms with Crippen molar-refractivity contribution in [3.63, 3.8) is 0 Å². The summed E-state index contributed by atoms with van der Waals surface area (Å²) in [6.07, 6.45) is 0.319. The summed E-state index contributed by atoms with van der Waals surface area (Å²) in [5.74, 6) is -0.554. The van der Waals surface area contributed by atoms with E-state index in [1.165, 1.54) is 51.5 Å². The number of nitrogens with zero attached hydrogens (tertiary/aromatic N) is 2. The third-order valence-corrected chi connectivity index (χ3v) is 5.80. The van der Waals surface area contributed by atoms with Gasteiger partial charge in [0, 0.05) is 13.0 Å². The standard InChI is InChI=1S/C23H23N3O9S/c1-15(28)33-11-12-34-23-21(35-18-6-4-5-17(13-18)32-3)22(24-20(14-27)25-23)26-36(29,30)19-9-7-16(31-2)8-10-19/h4-10,13-14H,11-12H2,1-3H3,(H,24,25,26). The van der Waals surface area contributed by atoms with Gasteiger partial charge >= 0.3 is 5.97 Å². The zero-order chi connectivity index (χ0) is 26.1. The van der Waals surface area contributed by atoms with Crippen LogP contribution in [-0.4, -0.2) is 58.1 Å². The number of carbonyl (C=O) groups excluding carboxylic acids is 2. The molecule has 2 aromatic carbocycles. The quantitative estimate of drug-likeness (QED) is 0.214. The normalized spacial score (nSPS) is 10.8. The number of hydrogen-bond acceptors (Lipinski definition) is 11.